The molecule has 0 spiro atoms. The molecule has 0 aromatic carbocycles. The summed E-state index contributed by atoms with van der Waals surface area (Å²) >= 11 is 0. The Bertz CT molecular complexity index is 142. The van der Waals surface area contributed by atoms with Crippen molar-refractivity contribution in [1.29, 1.82) is 0 Å². The Morgan fingerprint density at radius 3 is 1.94 bits per heavy atom. The second-order valence-electron chi connectivity index (χ2n) is 3.45. The molecule has 0 aromatic heterocycles. The van der Waals surface area contributed by atoms with Crippen LogP contribution in [0.25, 0.3) is 0 Å². The lowest BCUT2D eigenvalue weighted by atomic mass is 10.4. The van der Waals surface area contributed by atoms with Gasteiger partial charge in [-0.2, -0.15) is 0 Å². The fraction of sp³-hybridized carbons (Fsp3) is 0.917. The molecule has 2 N–H and O–H groups in total. The summed E-state index contributed by atoms with van der Waals surface area (Å²) < 4.78 is 10.2. The quantitative estimate of drug-likeness (QED) is 0.577. The molecular formula is C12H26O5. The van der Waals surface area contributed by atoms with Gasteiger partial charge in [0.25, 0.3) is 0 Å². The van der Waals surface area contributed by atoms with Crippen molar-refractivity contribution in [3.63, 3.8) is 0 Å². The van der Waals surface area contributed by atoms with Crippen molar-refractivity contribution in [2.24, 2.45) is 0 Å². The van der Waals surface area contributed by atoms with Gasteiger partial charge in [-0.3, -0.25) is 4.79 Å². The van der Waals surface area contributed by atoms with Gasteiger partial charge in [0.05, 0.1) is 26.4 Å². The molecule has 0 rings (SSSR count). The molecule has 5 heteroatoms. The molecule has 0 aliphatic rings. The first-order chi connectivity index (χ1) is 8.18. The molecule has 0 heterocycles. The Morgan fingerprint density at radius 1 is 1.00 bits per heavy atom. The molecule has 5 nitrogen and oxygen atoms in total. The molecule has 0 unspecified atom stereocenters. The Labute approximate surface area is 104 Å². The largest absolute Gasteiger partial charge is 0.481 e. The van der Waals surface area contributed by atoms with Crippen LogP contribution < -0.4 is 0 Å². The molecule has 104 valence electrons. The average molecular weight is 250 g/mol. The summed E-state index contributed by atoms with van der Waals surface area (Å²) in [6.07, 6.45) is 3.30. The Balaban J connectivity index is 0. The summed E-state index contributed by atoms with van der Waals surface area (Å²) in [5.41, 5.74) is 0. The minimum absolute atomic E-state index is 0.0922. The van der Waals surface area contributed by atoms with E-state index in [0.29, 0.717) is 26.2 Å². The first kappa shape index (κ1) is 18.7. The smallest absolute Gasteiger partial charge is 0.303 e. The van der Waals surface area contributed by atoms with E-state index >= 15 is 0 Å². The first-order valence-corrected chi connectivity index (χ1v) is 6.17. The number of aliphatic hydroxyl groups is 1. The van der Waals surface area contributed by atoms with E-state index in [4.69, 9.17) is 19.7 Å². The highest BCUT2D eigenvalue weighted by Gasteiger charge is 1.88. The van der Waals surface area contributed by atoms with Crippen LogP contribution in [-0.2, 0) is 14.3 Å². The summed E-state index contributed by atoms with van der Waals surface area (Å²) in [5.74, 6) is -0.711. The Morgan fingerprint density at radius 2 is 1.59 bits per heavy atom. The van der Waals surface area contributed by atoms with Gasteiger partial charge in [0.2, 0.25) is 0 Å². The van der Waals surface area contributed by atoms with E-state index in [1.54, 1.807) is 0 Å². The summed E-state index contributed by atoms with van der Waals surface area (Å²) in [5, 5.41) is 16.3. The maximum Gasteiger partial charge on any atom is 0.303 e. The van der Waals surface area contributed by atoms with E-state index in [1.165, 1.54) is 0 Å². The van der Waals surface area contributed by atoms with Gasteiger partial charge in [0, 0.05) is 13.0 Å². The zero-order chi connectivity index (χ0) is 13.4. The number of carbonyl (C=O) groups is 1. The van der Waals surface area contributed by atoms with E-state index in [2.05, 4.69) is 6.92 Å². The maximum absolute atomic E-state index is 9.60. The van der Waals surface area contributed by atoms with E-state index in [0.717, 1.165) is 25.9 Å². The van der Waals surface area contributed by atoms with E-state index < -0.39 is 5.97 Å². The second-order valence-corrected chi connectivity index (χ2v) is 3.45. The highest BCUT2D eigenvalue weighted by atomic mass is 16.5. The number of hydrogen-bond acceptors (Lipinski definition) is 4. The zero-order valence-corrected chi connectivity index (χ0v) is 11.0. The van der Waals surface area contributed by atoms with Crippen molar-refractivity contribution >= 4 is 5.97 Å². The molecule has 0 aliphatic heterocycles. The van der Waals surface area contributed by atoms with Crippen LogP contribution in [0.3, 0.4) is 0 Å². The number of hydrogen-bond donors (Lipinski definition) is 2. The van der Waals surface area contributed by atoms with Crippen molar-refractivity contribution < 1.29 is 24.5 Å². The average Bonchev–Trinajstić information content (AvgIpc) is 2.29. The van der Waals surface area contributed by atoms with Crippen molar-refractivity contribution in [3.8, 4) is 0 Å². The SMILES string of the molecule is CCCC(=O)O.CCCCOCCOCCO. The van der Waals surface area contributed by atoms with Crippen LogP contribution in [0.15, 0.2) is 0 Å². The van der Waals surface area contributed by atoms with Gasteiger partial charge in [0.15, 0.2) is 0 Å². The van der Waals surface area contributed by atoms with Crippen LogP contribution >= 0.6 is 0 Å². The molecule has 0 aromatic rings. The van der Waals surface area contributed by atoms with E-state index in [1.807, 2.05) is 6.92 Å². The molecule has 0 fully saturated rings. The number of carboxylic acid groups (broad SMARTS) is 1. The molecule has 17 heavy (non-hydrogen) atoms. The normalized spacial score (nSPS) is 9.59. The number of aliphatic carboxylic acids is 1. The Kier molecular flexibility index (Phi) is 19.5. The number of carboxylic acids is 1. The second kappa shape index (κ2) is 17.7. The summed E-state index contributed by atoms with van der Waals surface area (Å²) in [7, 11) is 0. The third kappa shape index (κ3) is 25.5. The van der Waals surface area contributed by atoms with Crippen LogP contribution in [0, 0.1) is 0 Å². The molecule has 0 saturated carbocycles. The van der Waals surface area contributed by atoms with Crippen molar-refractivity contribution in [1.82, 2.24) is 0 Å². The summed E-state index contributed by atoms with van der Waals surface area (Å²) in [6.45, 7) is 6.52. The fourth-order valence-electron chi connectivity index (χ4n) is 0.847. The van der Waals surface area contributed by atoms with Gasteiger partial charge < -0.3 is 19.7 Å². The minimum Gasteiger partial charge on any atom is -0.481 e. The third-order valence-corrected chi connectivity index (χ3v) is 1.71. The maximum atomic E-state index is 9.60. The monoisotopic (exact) mass is 250 g/mol. The Hall–Kier alpha value is -0.650. The van der Waals surface area contributed by atoms with Crippen LogP contribution in [0.4, 0.5) is 0 Å². The van der Waals surface area contributed by atoms with Crippen LogP contribution in [0.5, 0.6) is 0 Å². The van der Waals surface area contributed by atoms with Gasteiger partial charge in [-0.05, 0) is 12.8 Å². The highest BCUT2D eigenvalue weighted by Crippen LogP contribution is 1.87. The van der Waals surface area contributed by atoms with Crippen LogP contribution in [0.1, 0.15) is 39.5 Å². The summed E-state index contributed by atoms with van der Waals surface area (Å²) in [4.78, 5) is 9.60. The van der Waals surface area contributed by atoms with Crippen molar-refractivity contribution in [2.45, 2.75) is 39.5 Å². The van der Waals surface area contributed by atoms with Gasteiger partial charge in [-0.15, -0.1) is 0 Å². The highest BCUT2D eigenvalue weighted by molar-refractivity contribution is 5.66. The van der Waals surface area contributed by atoms with Crippen molar-refractivity contribution in [2.75, 3.05) is 33.0 Å². The van der Waals surface area contributed by atoms with Crippen LogP contribution in [-0.4, -0.2) is 49.2 Å². The molecular weight excluding hydrogens is 224 g/mol. The van der Waals surface area contributed by atoms with Crippen LogP contribution in [0.2, 0.25) is 0 Å². The minimum atomic E-state index is -0.711. The van der Waals surface area contributed by atoms with Gasteiger partial charge >= 0.3 is 5.97 Å². The molecule has 0 bridgehead atoms. The number of ether oxygens (including phenoxy) is 2. The van der Waals surface area contributed by atoms with Crippen molar-refractivity contribution in [3.05, 3.63) is 0 Å². The lowest BCUT2D eigenvalue weighted by Crippen LogP contribution is -2.07. The molecule has 0 aliphatic carbocycles. The molecule has 0 saturated heterocycles. The lowest BCUT2D eigenvalue weighted by molar-refractivity contribution is -0.137. The molecule has 0 radical (unpaired) electrons. The molecule has 0 atom stereocenters. The fourth-order valence-corrected chi connectivity index (χ4v) is 0.847. The first-order valence-electron chi connectivity index (χ1n) is 6.17. The van der Waals surface area contributed by atoms with E-state index in [-0.39, 0.29) is 6.61 Å². The summed E-state index contributed by atoms with van der Waals surface area (Å²) in [6, 6.07) is 0. The van der Waals surface area contributed by atoms with Gasteiger partial charge in [0.1, 0.15) is 0 Å². The predicted octanol–water partition coefficient (Wildman–Crippen LogP) is 1.68. The van der Waals surface area contributed by atoms with Gasteiger partial charge in [-0.25, -0.2) is 0 Å². The standard InChI is InChI=1S/C8H18O3.C4H8O2/c1-2-3-5-10-7-8-11-6-4-9;1-2-3-4(5)6/h9H,2-8H2,1H3;2-3H2,1H3,(H,5,6). The molecule has 0 amide bonds. The van der Waals surface area contributed by atoms with E-state index in [9.17, 15) is 4.79 Å². The number of unbranched alkanes of at least 4 members (excludes halogenated alkanes) is 1. The zero-order valence-electron chi connectivity index (χ0n) is 11.0. The topological polar surface area (TPSA) is 76.0 Å². The number of rotatable bonds is 10. The predicted molar refractivity (Wildman–Crippen MR) is 66.2 cm³/mol. The van der Waals surface area contributed by atoms with Gasteiger partial charge in [-0.1, -0.05) is 20.3 Å². The third-order valence-electron chi connectivity index (χ3n) is 1.71. The lowest BCUT2D eigenvalue weighted by Gasteiger charge is -2.02. The number of aliphatic hydroxyl groups excluding tert-OH is 1.